The molecule has 4 aromatic carbocycles. The molecule has 2 saturated heterocycles. The van der Waals surface area contributed by atoms with E-state index in [0.717, 1.165) is 53.0 Å². The molecule has 0 aliphatic carbocycles. The molecule has 31 heavy (non-hydrogen) atoms. The molecule has 2 aliphatic heterocycles. The standard InChI is InChI=1S/C27H24O4/c1-3-7-24-18(5-1)9-11-20(26(24)30-16-22-14-28-22)13-21-12-10-19-6-2-4-8-25(19)27(21)31-17-23-15-29-23/h1-12,22-23H,13-17H2/t22-,23-/m0/s1. The summed E-state index contributed by atoms with van der Waals surface area (Å²) in [5, 5.41) is 4.63. The Morgan fingerprint density at radius 2 is 1.06 bits per heavy atom. The molecule has 0 bridgehead atoms. The van der Waals surface area contributed by atoms with Crippen molar-refractivity contribution in [1.29, 1.82) is 0 Å². The Hall–Kier alpha value is -3.08. The molecule has 0 amide bonds. The number of hydrogen-bond donors (Lipinski definition) is 0. The average molecular weight is 412 g/mol. The maximum Gasteiger partial charge on any atom is 0.130 e. The van der Waals surface area contributed by atoms with Gasteiger partial charge in [-0.15, -0.1) is 0 Å². The van der Waals surface area contributed by atoms with Gasteiger partial charge in [0.05, 0.1) is 13.2 Å². The van der Waals surface area contributed by atoms with E-state index < -0.39 is 0 Å². The highest BCUT2D eigenvalue weighted by atomic mass is 16.6. The molecule has 0 N–H and O–H groups in total. The van der Waals surface area contributed by atoms with Crippen LogP contribution in [0.2, 0.25) is 0 Å². The van der Waals surface area contributed by atoms with Crippen LogP contribution >= 0.6 is 0 Å². The highest BCUT2D eigenvalue weighted by molar-refractivity contribution is 5.91. The smallest absolute Gasteiger partial charge is 0.130 e. The zero-order valence-corrected chi connectivity index (χ0v) is 17.3. The van der Waals surface area contributed by atoms with E-state index in [0.29, 0.717) is 13.2 Å². The minimum atomic E-state index is 0.213. The van der Waals surface area contributed by atoms with Crippen molar-refractivity contribution in [3.63, 3.8) is 0 Å². The molecule has 0 radical (unpaired) electrons. The molecule has 4 aromatic rings. The lowest BCUT2D eigenvalue weighted by atomic mass is 9.96. The fourth-order valence-electron chi connectivity index (χ4n) is 4.08. The van der Waals surface area contributed by atoms with E-state index in [-0.39, 0.29) is 12.2 Å². The van der Waals surface area contributed by atoms with Gasteiger partial charge in [-0.1, -0.05) is 72.8 Å². The first-order chi connectivity index (χ1) is 15.3. The Labute approximate surface area is 181 Å². The van der Waals surface area contributed by atoms with Crippen LogP contribution in [0.4, 0.5) is 0 Å². The lowest BCUT2D eigenvalue weighted by molar-refractivity contribution is 0.261. The fourth-order valence-corrected chi connectivity index (χ4v) is 4.08. The van der Waals surface area contributed by atoms with Gasteiger partial charge in [0.15, 0.2) is 0 Å². The van der Waals surface area contributed by atoms with Gasteiger partial charge < -0.3 is 18.9 Å². The van der Waals surface area contributed by atoms with E-state index in [1.54, 1.807) is 0 Å². The van der Waals surface area contributed by atoms with Crippen LogP contribution in [0.5, 0.6) is 11.5 Å². The minimum absolute atomic E-state index is 0.213. The summed E-state index contributed by atoms with van der Waals surface area (Å²) in [6, 6.07) is 25.4. The van der Waals surface area contributed by atoms with Crippen LogP contribution in [0, 0.1) is 0 Å². The highest BCUT2D eigenvalue weighted by Crippen LogP contribution is 2.37. The topological polar surface area (TPSA) is 43.5 Å². The van der Waals surface area contributed by atoms with Gasteiger partial charge in [0.1, 0.15) is 36.9 Å². The van der Waals surface area contributed by atoms with E-state index >= 15 is 0 Å². The monoisotopic (exact) mass is 412 g/mol. The molecule has 2 fully saturated rings. The molecule has 0 spiro atoms. The lowest BCUT2D eigenvalue weighted by Crippen LogP contribution is -2.08. The van der Waals surface area contributed by atoms with Gasteiger partial charge in [0.2, 0.25) is 0 Å². The lowest BCUT2D eigenvalue weighted by Gasteiger charge is -2.17. The van der Waals surface area contributed by atoms with Crippen molar-refractivity contribution in [2.24, 2.45) is 0 Å². The SMILES string of the molecule is c1ccc2c(OC[C@@H]3CO3)c(Cc3ccc4ccccc4c3OC[C@@H]3CO3)ccc2c1. The fraction of sp³-hybridized carbons (Fsp3) is 0.259. The summed E-state index contributed by atoms with van der Waals surface area (Å²) in [5.41, 5.74) is 2.31. The Morgan fingerprint density at radius 3 is 1.52 bits per heavy atom. The zero-order valence-electron chi connectivity index (χ0n) is 17.3. The van der Waals surface area contributed by atoms with Crippen LogP contribution in [0.3, 0.4) is 0 Å². The number of ether oxygens (including phenoxy) is 4. The van der Waals surface area contributed by atoms with Crippen LogP contribution in [0.25, 0.3) is 21.5 Å². The van der Waals surface area contributed by atoms with Gasteiger partial charge in [0.25, 0.3) is 0 Å². The maximum absolute atomic E-state index is 6.30. The van der Waals surface area contributed by atoms with Gasteiger partial charge >= 0.3 is 0 Å². The van der Waals surface area contributed by atoms with Crippen molar-refractivity contribution < 1.29 is 18.9 Å². The van der Waals surface area contributed by atoms with E-state index in [1.165, 1.54) is 10.8 Å². The Balaban J connectivity index is 1.41. The second-order valence-electron chi connectivity index (χ2n) is 8.26. The Bertz CT molecular complexity index is 1140. The molecular weight excluding hydrogens is 388 g/mol. The Morgan fingerprint density at radius 1 is 0.613 bits per heavy atom. The summed E-state index contributed by atoms with van der Waals surface area (Å²) in [6.07, 6.45) is 1.16. The third-order valence-corrected chi connectivity index (χ3v) is 5.94. The van der Waals surface area contributed by atoms with Gasteiger partial charge in [-0.25, -0.2) is 0 Å². The van der Waals surface area contributed by atoms with Crippen molar-refractivity contribution in [3.8, 4) is 11.5 Å². The van der Waals surface area contributed by atoms with E-state index in [1.807, 2.05) is 0 Å². The first kappa shape index (κ1) is 18.7. The molecule has 0 unspecified atom stereocenters. The summed E-state index contributed by atoms with van der Waals surface area (Å²) in [6.45, 7) is 2.74. The van der Waals surface area contributed by atoms with E-state index in [4.69, 9.17) is 18.9 Å². The summed E-state index contributed by atoms with van der Waals surface area (Å²) in [5.74, 6) is 1.89. The second-order valence-corrected chi connectivity index (χ2v) is 8.26. The van der Waals surface area contributed by atoms with Gasteiger partial charge in [-0.3, -0.25) is 0 Å². The number of hydrogen-bond acceptors (Lipinski definition) is 4. The Kier molecular flexibility index (Phi) is 4.74. The van der Waals surface area contributed by atoms with Crippen molar-refractivity contribution in [2.45, 2.75) is 18.6 Å². The second kappa shape index (κ2) is 7.88. The normalized spacial score (nSPS) is 19.5. The predicted molar refractivity (Wildman–Crippen MR) is 121 cm³/mol. The maximum atomic E-state index is 6.30. The minimum Gasteiger partial charge on any atom is -0.490 e. The van der Waals surface area contributed by atoms with Crippen LogP contribution < -0.4 is 9.47 Å². The summed E-state index contributed by atoms with van der Waals surface area (Å²) in [7, 11) is 0. The first-order valence-electron chi connectivity index (χ1n) is 10.9. The van der Waals surface area contributed by atoms with Crippen molar-refractivity contribution >= 4 is 21.5 Å². The van der Waals surface area contributed by atoms with Gasteiger partial charge in [0, 0.05) is 17.2 Å². The van der Waals surface area contributed by atoms with E-state index in [9.17, 15) is 0 Å². The molecule has 4 heteroatoms. The quantitative estimate of drug-likeness (QED) is 0.376. The van der Waals surface area contributed by atoms with Crippen LogP contribution in [0.15, 0.2) is 72.8 Å². The number of rotatable bonds is 8. The average Bonchev–Trinajstić information content (AvgIpc) is 3.73. The van der Waals surface area contributed by atoms with Gasteiger partial charge in [-0.2, -0.15) is 0 Å². The third-order valence-electron chi connectivity index (χ3n) is 5.94. The summed E-state index contributed by atoms with van der Waals surface area (Å²) < 4.78 is 23.3. The van der Waals surface area contributed by atoms with Crippen molar-refractivity contribution in [1.82, 2.24) is 0 Å². The molecule has 2 aliphatic rings. The molecule has 2 atom stereocenters. The first-order valence-corrected chi connectivity index (χ1v) is 10.9. The predicted octanol–water partition coefficient (Wildman–Crippen LogP) is 5.14. The number of fused-ring (bicyclic) bond motifs is 2. The van der Waals surface area contributed by atoms with E-state index in [2.05, 4.69) is 72.8 Å². The largest absolute Gasteiger partial charge is 0.490 e. The highest BCUT2D eigenvalue weighted by Gasteiger charge is 2.25. The zero-order chi connectivity index (χ0) is 20.6. The van der Waals surface area contributed by atoms with Crippen LogP contribution in [0.1, 0.15) is 11.1 Å². The molecule has 0 saturated carbocycles. The summed E-state index contributed by atoms with van der Waals surface area (Å²) in [4.78, 5) is 0. The number of epoxide rings is 2. The van der Waals surface area contributed by atoms with Gasteiger partial charge in [-0.05, 0) is 21.9 Å². The molecule has 156 valence electrons. The third kappa shape index (κ3) is 3.97. The molecular formula is C27H24O4. The molecule has 6 rings (SSSR count). The summed E-state index contributed by atoms with van der Waals surface area (Å²) >= 11 is 0. The van der Waals surface area contributed by atoms with Crippen LogP contribution in [-0.4, -0.2) is 38.6 Å². The van der Waals surface area contributed by atoms with Crippen molar-refractivity contribution in [2.75, 3.05) is 26.4 Å². The molecule has 4 nitrogen and oxygen atoms in total. The molecule has 2 heterocycles. The van der Waals surface area contributed by atoms with Crippen molar-refractivity contribution in [3.05, 3.63) is 83.9 Å². The number of benzene rings is 4. The van der Waals surface area contributed by atoms with Crippen LogP contribution in [-0.2, 0) is 15.9 Å². The molecule has 0 aromatic heterocycles.